The smallest absolute Gasteiger partial charge is 0.0684 e. The van der Waals surface area contributed by atoms with Crippen molar-refractivity contribution in [3.8, 4) is 0 Å². The van der Waals surface area contributed by atoms with Gasteiger partial charge in [0.2, 0.25) is 0 Å². The first-order valence-electron chi connectivity index (χ1n) is 8.98. The molecule has 3 rings (SSSR count). The van der Waals surface area contributed by atoms with Crippen LogP contribution in [-0.2, 0) is 4.74 Å². The van der Waals surface area contributed by atoms with E-state index in [4.69, 9.17) is 4.74 Å². The molecule has 1 N–H and O–H groups in total. The molecule has 3 aliphatic rings. The van der Waals surface area contributed by atoms with Crippen LogP contribution in [0.4, 0.5) is 0 Å². The van der Waals surface area contributed by atoms with Gasteiger partial charge < -0.3 is 10.1 Å². The van der Waals surface area contributed by atoms with Crippen LogP contribution in [0.15, 0.2) is 0 Å². The molecule has 3 fully saturated rings. The third kappa shape index (κ3) is 2.66. The Kier molecular flexibility index (Phi) is 4.42. The lowest BCUT2D eigenvalue weighted by atomic mass is 9.55. The summed E-state index contributed by atoms with van der Waals surface area (Å²) in [5.74, 6) is 2.73. The van der Waals surface area contributed by atoms with Crippen LogP contribution in [0.2, 0.25) is 0 Å². The van der Waals surface area contributed by atoms with E-state index >= 15 is 0 Å². The number of nitrogens with one attached hydrogen (secondary N) is 1. The van der Waals surface area contributed by atoms with E-state index < -0.39 is 0 Å². The van der Waals surface area contributed by atoms with Gasteiger partial charge in [-0.15, -0.1) is 0 Å². The van der Waals surface area contributed by atoms with E-state index in [9.17, 15) is 0 Å². The van der Waals surface area contributed by atoms with Crippen molar-refractivity contribution in [2.24, 2.45) is 23.2 Å². The molecule has 1 aliphatic heterocycles. The van der Waals surface area contributed by atoms with Crippen molar-refractivity contribution in [3.63, 3.8) is 0 Å². The second-order valence-corrected chi connectivity index (χ2v) is 8.10. The molecule has 0 bridgehead atoms. The lowest BCUT2D eigenvalue weighted by Gasteiger charge is -2.60. The molecule has 2 heteroatoms. The number of hydrogen-bond donors (Lipinski definition) is 1. The lowest BCUT2D eigenvalue weighted by Crippen LogP contribution is -2.69. The van der Waals surface area contributed by atoms with E-state index in [0.717, 1.165) is 24.4 Å². The molecule has 0 aromatic carbocycles. The molecule has 1 saturated heterocycles. The Balaban J connectivity index is 1.46. The SMILES string of the molecule is CCC1CCC(CNC2C3CCCOC3C2(C)C)CC1. The van der Waals surface area contributed by atoms with Crippen molar-refractivity contribution >= 4 is 0 Å². The highest BCUT2D eigenvalue weighted by Crippen LogP contribution is 2.51. The maximum Gasteiger partial charge on any atom is 0.0684 e. The van der Waals surface area contributed by atoms with E-state index in [1.165, 1.54) is 51.5 Å². The molecule has 0 radical (unpaired) electrons. The summed E-state index contributed by atoms with van der Waals surface area (Å²) >= 11 is 0. The highest BCUT2D eigenvalue weighted by molar-refractivity contribution is 5.10. The summed E-state index contributed by atoms with van der Waals surface area (Å²) in [6, 6.07) is 0.691. The maximum atomic E-state index is 6.00. The molecule has 2 saturated carbocycles. The van der Waals surface area contributed by atoms with E-state index in [1.807, 2.05) is 0 Å². The van der Waals surface area contributed by atoms with Gasteiger partial charge in [0.25, 0.3) is 0 Å². The topological polar surface area (TPSA) is 21.3 Å². The summed E-state index contributed by atoms with van der Waals surface area (Å²) < 4.78 is 6.00. The van der Waals surface area contributed by atoms with E-state index in [2.05, 4.69) is 26.1 Å². The minimum Gasteiger partial charge on any atom is -0.377 e. The van der Waals surface area contributed by atoms with Gasteiger partial charge in [-0.05, 0) is 44.1 Å². The van der Waals surface area contributed by atoms with Gasteiger partial charge in [0.1, 0.15) is 0 Å². The quantitative estimate of drug-likeness (QED) is 0.840. The molecule has 0 spiro atoms. The zero-order valence-corrected chi connectivity index (χ0v) is 13.7. The average Bonchev–Trinajstić information content (AvgIpc) is 2.48. The molecule has 3 atom stereocenters. The molecular weight excluding hydrogens is 246 g/mol. The molecule has 20 heavy (non-hydrogen) atoms. The number of fused-ring (bicyclic) bond motifs is 1. The monoisotopic (exact) mass is 279 g/mol. The fraction of sp³-hybridized carbons (Fsp3) is 1.00. The van der Waals surface area contributed by atoms with Gasteiger partial charge in [0.05, 0.1) is 6.10 Å². The Bertz CT molecular complexity index is 319. The van der Waals surface area contributed by atoms with E-state index in [1.54, 1.807) is 0 Å². The highest BCUT2D eigenvalue weighted by Gasteiger charge is 2.57. The summed E-state index contributed by atoms with van der Waals surface area (Å²) in [7, 11) is 0. The highest BCUT2D eigenvalue weighted by atomic mass is 16.5. The van der Waals surface area contributed by atoms with Crippen molar-refractivity contribution in [1.82, 2.24) is 5.32 Å². The van der Waals surface area contributed by atoms with Crippen molar-refractivity contribution in [3.05, 3.63) is 0 Å². The van der Waals surface area contributed by atoms with Gasteiger partial charge in [0.15, 0.2) is 0 Å². The van der Waals surface area contributed by atoms with Crippen LogP contribution in [-0.4, -0.2) is 25.3 Å². The van der Waals surface area contributed by atoms with Crippen molar-refractivity contribution in [2.45, 2.75) is 77.9 Å². The molecule has 1 heterocycles. The first kappa shape index (κ1) is 14.8. The standard InChI is InChI=1S/C18H33NO/c1-4-13-7-9-14(10-8-13)12-19-16-15-6-5-11-20-17(15)18(16,2)3/h13-17,19H,4-12H2,1-3H3. The summed E-state index contributed by atoms with van der Waals surface area (Å²) in [4.78, 5) is 0. The van der Waals surface area contributed by atoms with Crippen LogP contribution in [0.1, 0.15) is 65.7 Å². The summed E-state index contributed by atoms with van der Waals surface area (Å²) in [6.07, 6.45) is 10.4. The van der Waals surface area contributed by atoms with Gasteiger partial charge in [-0.3, -0.25) is 0 Å². The molecular formula is C18H33NO. The average molecular weight is 279 g/mol. The third-order valence-corrected chi connectivity index (χ3v) is 6.50. The predicted octanol–water partition coefficient (Wildman–Crippen LogP) is 4.00. The first-order valence-corrected chi connectivity index (χ1v) is 8.98. The minimum atomic E-state index is 0.339. The number of rotatable bonds is 4. The van der Waals surface area contributed by atoms with Crippen molar-refractivity contribution in [2.75, 3.05) is 13.2 Å². The minimum absolute atomic E-state index is 0.339. The van der Waals surface area contributed by atoms with Crippen LogP contribution >= 0.6 is 0 Å². The Morgan fingerprint density at radius 1 is 1.05 bits per heavy atom. The molecule has 116 valence electrons. The largest absolute Gasteiger partial charge is 0.377 e. The normalized spacial score (nSPS) is 43.6. The Hall–Kier alpha value is -0.0800. The molecule has 0 amide bonds. The number of hydrogen-bond acceptors (Lipinski definition) is 2. The fourth-order valence-corrected chi connectivity index (χ4v) is 5.07. The van der Waals surface area contributed by atoms with Crippen LogP contribution in [0, 0.1) is 23.2 Å². The van der Waals surface area contributed by atoms with Crippen LogP contribution in [0.3, 0.4) is 0 Å². The Morgan fingerprint density at radius 3 is 2.45 bits per heavy atom. The number of ether oxygens (including phenoxy) is 1. The molecule has 2 aliphatic carbocycles. The molecule has 2 nitrogen and oxygen atoms in total. The third-order valence-electron chi connectivity index (χ3n) is 6.50. The lowest BCUT2D eigenvalue weighted by molar-refractivity contribution is -0.193. The zero-order valence-electron chi connectivity index (χ0n) is 13.7. The van der Waals surface area contributed by atoms with Gasteiger partial charge in [-0.2, -0.15) is 0 Å². The van der Waals surface area contributed by atoms with Crippen LogP contribution in [0.25, 0.3) is 0 Å². The van der Waals surface area contributed by atoms with E-state index in [0.29, 0.717) is 17.6 Å². The van der Waals surface area contributed by atoms with Crippen molar-refractivity contribution < 1.29 is 4.74 Å². The second kappa shape index (κ2) is 5.96. The summed E-state index contributed by atoms with van der Waals surface area (Å²) in [5.41, 5.74) is 0.339. The first-order chi connectivity index (χ1) is 9.63. The second-order valence-electron chi connectivity index (χ2n) is 8.10. The Morgan fingerprint density at radius 2 is 1.75 bits per heavy atom. The fourth-order valence-electron chi connectivity index (χ4n) is 5.07. The molecule has 3 unspecified atom stereocenters. The zero-order chi connectivity index (χ0) is 14.2. The van der Waals surface area contributed by atoms with Crippen LogP contribution in [0.5, 0.6) is 0 Å². The van der Waals surface area contributed by atoms with Gasteiger partial charge >= 0.3 is 0 Å². The van der Waals surface area contributed by atoms with E-state index in [-0.39, 0.29) is 0 Å². The van der Waals surface area contributed by atoms with Crippen LogP contribution < -0.4 is 5.32 Å². The Labute approximate surface area is 125 Å². The maximum absolute atomic E-state index is 6.00. The van der Waals surface area contributed by atoms with Gasteiger partial charge in [-0.1, -0.05) is 40.0 Å². The van der Waals surface area contributed by atoms with Gasteiger partial charge in [0, 0.05) is 24.0 Å². The summed E-state index contributed by atoms with van der Waals surface area (Å²) in [6.45, 7) is 9.37. The molecule has 0 aromatic rings. The van der Waals surface area contributed by atoms with Gasteiger partial charge in [-0.25, -0.2) is 0 Å². The predicted molar refractivity (Wildman–Crippen MR) is 83.8 cm³/mol. The summed E-state index contributed by atoms with van der Waals surface area (Å²) in [5, 5.41) is 3.93. The molecule has 0 aromatic heterocycles. The van der Waals surface area contributed by atoms with Crippen molar-refractivity contribution in [1.29, 1.82) is 0 Å².